The molecule has 1 amide bonds. The van der Waals surface area contributed by atoms with E-state index in [4.69, 9.17) is 11.0 Å². The average Bonchev–Trinajstić information content (AvgIpc) is 2.81. The number of aromatic nitrogens is 1. The molecule has 1 aromatic heterocycles. The lowest BCUT2D eigenvalue weighted by Crippen LogP contribution is -2.37. The topological polar surface area (TPSA) is 83.0 Å². The molecule has 1 fully saturated rings. The number of amides is 1. The van der Waals surface area contributed by atoms with Crippen molar-refractivity contribution in [1.29, 1.82) is 5.26 Å². The molecule has 1 aliphatic rings. The number of carbonyl (C=O) groups excluding carboxylic acids is 1. The molecule has 2 rings (SSSR count). The summed E-state index contributed by atoms with van der Waals surface area (Å²) in [6.07, 6.45) is -4.18. The number of pyridine rings is 1. The third-order valence-corrected chi connectivity index (χ3v) is 3.65. The Hall–Kier alpha value is -2.30. The number of primary amides is 1. The van der Waals surface area contributed by atoms with Crippen LogP contribution in [0.25, 0.3) is 0 Å². The first kappa shape index (κ1) is 15.1. The van der Waals surface area contributed by atoms with Gasteiger partial charge in [0.15, 0.2) is 0 Å². The van der Waals surface area contributed by atoms with Crippen molar-refractivity contribution in [3.05, 3.63) is 23.4 Å². The Kier molecular flexibility index (Phi) is 3.53. The van der Waals surface area contributed by atoms with Crippen molar-refractivity contribution >= 4 is 11.7 Å². The zero-order valence-corrected chi connectivity index (χ0v) is 11.2. The van der Waals surface area contributed by atoms with Gasteiger partial charge in [-0.3, -0.25) is 4.79 Å². The number of nitriles is 1. The Morgan fingerprint density at radius 2 is 2.19 bits per heavy atom. The summed E-state index contributed by atoms with van der Waals surface area (Å²) in [6.45, 7) is 2.11. The van der Waals surface area contributed by atoms with Crippen LogP contribution in [0.4, 0.5) is 19.0 Å². The minimum absolute atomic E-state index is 0.0386. The van der Waals surface area contributed by atoms with Gasteiger partial charge in [0.25, 0.3) is 0 Å². The lowest BCUT2D eigenvalue weighted by atomic mass is 9.89. The molecule has 2 heterocycles. The Morgan fingerprint density at radius 1 is 1.52 bits per heavy atom. The van der Waals surface area contributed by atoms with Gasteiger partial charge in [-0.1, -0.05) is 0 Å². The highest BCUT2D eigenvalue weighted by Gasteiger charge is 2.41. The van der Waals surface area contributed by atoms with Crippen molar-refractivity contribution in [2.75, 3.05) is 18.0 Å². The van der Waals surface area contributed by atoms with E-state index in [1.165, 1.54) is 4.90 Å². The molecule has 21 heavy (non-hydrogen) atoms. The maximum atomic E-state index is 12.7. The van der Waals surface area contributed by atoms with Crippen LogP contribution in [0.2, 0.25) is 0 Å². The van der Waals surface area contributed by atoms with Crippen LogP contribution < -0.4 is 10.6 Å². The van der Waals surface area contributed by atoms with Gasteiger partial charge < -0.3 is 10.6 Å². The summed E-state index contributed by atoms with van der Waals surface area (Å²) in [5.41, 5.74) is 3.45. The summed E-state index contributed by atoms with van der Waals surface area (Å²) >= 11 is 0. The van der Waals surface area contributed by atoms with Crippen molar-refractivity contribution in [3.63, 3.8) is 0 Å². The van der Waals surface area contributed by atoms with Crippen LogP contribution >= 0.6 is 0 Å². The van der Waals surface area contributed by atoms with Crippen molar-refractivity contribution in [2.45, 2.75) is 19.5 Å². The van der Waals surface area contributed by atoms with Crippen LogP contribution in [0.15, 0.2) is 12.1 Å². The lowest BCUT2D eigenvalue weighted by molar-refractivity contribution is -0.141. The minimum Gasteiger partial charge on any atom is -0.369 e. The van der Waals surface area contributed by atoms with Crippen molar-refractivity contribution in [2.24, 2.45) is 11.1 Å². The number of hydrogen-bond acceptors (Lipinski definition) is 4. The summed E-state index contributed by atoms with van der Waals surface area (Å²) in [6, 6.07) is 3.68. The van der Waals surface area contributed by atoms with E-state index in [1.807, 2.05) is 6.07 Å². The molecule has 0 spiro atoms. The molecule has 0 bridgehead atoms. The van der Waals surface area contributed by atoms with Crippen LogP contribution in [-0.2, 0) is 11.0 Å². The average molecular weight is 298 g/mol. The molecule has 5 nitrogen and oxygen atoms in total. The monoisotopic (exact) mass is 298 g/mol. The largest absolute Gasteiger partial charge is 0.433 e. The number of nitrogens with zero attached hydrogens (tertiary/aromatic N) is 3. The lowest BCUT2D eigenvalue weighted by Gasteiger charge is -2.23. The van der Waals surface area contributed by atoms with Crippen molar-refractivity contribution in [3.8, 4) is 6.07 Å². The zero-order valence-electron chi connectivity index (χ0n) is 11.2. The highest BCUT2D eigenvalue weighted by atomic mass is 19.4. The summed E-state index contributed by atoms with van der Waals surface area (Å²) in [5, 5.41) is 9.02. The van der Waals surface area contributed by atoms with Crippen LogP contribution in [0, 0.1) is 16.7 Å². The standard InChI is InChI=1S/C13H13F3N4O/c1-12(11(18)21)4-5-20(7-12)10-8(6-17)2-3-9(19-10)13(14,15)16/h2-3H,4-5,7H2,1H3,(H2,18,21). The molecule has 1 aliphatic heterocycles. The van der Waals surface area contributed by atoms with E-state index in [0.29, 0.717) is 13.0 Å². The molecule has 1 atom stereocenters. The number of rotatable bonds is 2. The maximum Gasteiger partial charge on any atom is 0.433 e. The molecular formula is C13H13F3N4O. The molecule has 0 radical (unpaired) electrons. The first-order valence-electron chi connectivity index (χ1n) is 6.20. The number of anilines is 1. The van der Waals surface area contributed by atoms with Gasteiger partial charge in [-0.15, -0.1) is 0 Å². The fraction of sp³-hybridized carbons (Fsp3) is 0.462. The molecule has 8 heteroatoms. The van der Waals surface area contributed by atoms with Gasteiger partial charge in [0.1, 0.15) is 17.6 Å². The number of carbonyl (C=O) groups is 1. The Morgan fingerprint density at radius 3 is 2.67 bits per heavy atom. The Labute approximate surface area is 119 Å². The van der Waals surface area contributed by atoms with Crippen molar-refractivity contribution in [1.82, 2.24) is 4.98 Å². The highest BCUT2D eigenvalue weighted by Crippen LogP contribution is 2.35. The SMILES string of the molecule is CC1(C(N)=O)CCN(c2nc(C(F)(F)F)ccc2C#N)C1. The van der Waals surface area contributed by atoms with E-state index in [9.17, 15) is 18.0 Å². The van der Waals surface area contributed by atoms with Gasteiger partial charge in [0.2, 0.25) is 5.91 Å². The fourth-order valence-corrected chi connectivity index (χ4v) is 2.28. The molecule has 112 valence electrons. The fourth-order valence-electron chi connectivity index (χ4n) is 2.28. The smallest absolute Gasteiger partial charge is 0.369 e. The number of nitrogens with two attached hydrogens (primary N) is 1. The number of hydrogen-bond donors (Lipinski definition) is 1. The first-order valence-corrected chi connectivity index (χ1v) is 6.20. The van der Waals surface area contributed by atoms with E-state index < -0.39 is 23.2 Å². The second kappa shape index (κ2) is 4.91. The summed E-state index contributed by atoms with van der Waals surface area (Å²) < 4.78 is 38.2. The van der Waals surface area contributed by atoms with E-state index in [1.54, 1.807) is 6.92 Å². The maximum absolute atomic E-state index is 12.7. The summed E-state index contributed by atoms with van der Waals surface area (Å²) in [7, 11) is 0. The number of halogens is 3. The van der Waals surface area contributed by atoms with Gasteiger partial charge in [-0.05, 0) is 25.5 Å². The Bertz CT molecular complexity index is 623. The van der Waals surface area contributed by atoms with Gasteiger partial charge in [-0.25, -0.2) is 4.98 Å². The molecule has 0 saturated carbocycles. The van der Waals surface area contributed by atoms with Gasteiger partial charge >= 0.3 is 6.18 Å². The van der Waals surface area contributed by atoms with E-state index in [0.717, 1.165) is 12.1 Å². The quantitative estimate of drug-likeness (QED) is 0.900. The van der Waals surface area contributed by atoms with Crippen LogP contribution in [0.5, 0.6) is 0 Å². The second-order valence-electron chi connectivity index (χ2n) is 5.27. The molecule has 1 saturated heterocycles. The predicted molar refractivity (Wildman–Crippen MR) is 68.1 cm³/mol. The summed E-state index contributed by atoms with van der Waals surface area (Å²) in [4.78, 5) is 16.5. The second-order valence-corrected chi connectivity index (χ2v) is 5.27. The van der Waals surface area contributed by atoms with Crippen molar-refractivity contribution < 1.29 is 18.0 Å². The first-order chi connectivity index (χ1) is 9.67. The van der Waals surface area contributed by atoms with Gasteiger partial charge in [-0.2, -0.15) is 18.4 Å². The number of alkyl halides is 3. The molecular weight excluding hydrogens is 285 g/mol. The zero-order chi connectivity index (χ0) is 15.8. The van der Waals surface area contributed by atoms with Gasteiger partial charge in [0.05, 0.1) is 11.0 Å². The highest BCUT2D eigenvalue weighted by molar-refractivity contribution is 5.82. The van der Waals surface area contributed by atoms with E-state index >= 15 is 0 Å². The van der Waals surface area contributed by atoms with E-state index in [2.05, 4.69) is 4.98 Å². The molecule has 0 aromatic carbocycles. The normalized spacial score (nSPS) is 22.1. The van der Waals surface area contributed by atoms with Crippen LogP contribution in [-0.4, -0.2) is 24.0 Å². The predicted octanol–water partition coefficient (Wildman–Crippen LogP) is 1.67. The van der Waals surface area contributed by atoms with E-state index in [-0.39, 0.29) is 17.9 Å². The van der Waals surface area contributed by atoms with Crippen LogP contribution in [0.1, 0.15) is 24.6 Å². The molecule has 1 aromatic rings. The third kappa shape index (κ3) is 2.77. The van der Waals surface area contributed by atoms with Gasteiger partial charge in [0, 0.05) is 13.1 Å². The molecule has 1 unspecified atom stereocenters. The molecule has 2 N–H and O–H groups in total. The van der Waals surface area contributed by atoms with Crippen LogP contribution in [0.3, 0.4) is 0 Å². The third-order valence-electron chi connectivity index (χ3n) is 3.65. The minimum atomic E-state index is -4.59. The summed E-state index contributed by atoms with van der Waals surface area (Å²) in [5.74, 6) is -0.576. The Balaban J connectivity index is 2.40. The molecule has 0 aliphatic carbocycles.